The molecule has 0 aliphatic carbocycles. The van der Waals surface area contributed by atoms with Gasteiger partial charge in [-0.3, -0.25) is 14.3 Å². The summed E-state index contributed by atoms with van der Waals surface area (Å²) in [5.74, 6) is 1.86. The Labute approximate surface area is 158 Å². The largest absolute Gasteiger partial charge is 0.493 e. The maximum absolute atomic E-state index is 12.4. The SMILES string of the molecule is CC(C)COc1cccc(C2CC(=O)Nc3c2ncn3-c2cccnc2)c1. The minimum Gasteiger partial charge on any atom is -0.493 e. The summed E-state index contributed by atoms with van der Waals surface area (Å²) in [5, 5.41) is 2.96. The van der Waals surface area contributed by atoms with E-state index in [9.17, 15) is 4.79 Å². The van der Waals surface area contributed by atoms with Gasteiger partial charge in [-0.15, -0.1) is 0 Å². The Bertz CT molecular complexity index is 950. The molecule has 0 saturated carbocycles. The van der Waals surface area contributed by atoms with Crippen molar-refractivity contribution >= 4 is 11.7 Å². The predicted molar refractivity (Wildman–Crippen MR) is 103 cm³/mol. The molecule has 0 saturated heterocycles. The summed E-state index contributed by atoms with van der Waals surface area (Å²) < 4.78 is 7.72. The fourth-order valence-corrected chi connectivity index (χ4v) is 3.26. The Morgan fingerprint density at radius 3 is 2.96 bits per heavy atom. The molecule has 3 aromatic rings. The lowest BCUT2D eigenvalue weighted by molar-refractivity contribution is -0.116. The molecule has 1 unspecified atom stereocenters. The minimum absolute atomic E-state index is 0.0216. The first-order chi connectivity index (χ1) is 13.1. The van der Waals surface area contributed by atoms with Crippen LogP contribution in [-0.2, 0) is 4.79 Å². The lowest BCUT2D eigenvalue weighted by Crippen LogP contribution is -2.25. The van der Waals surface area contributed by atoms with Crippen molar-refractivity contribution in [3.05, 3.63) is 66.4 Å². The van der Waals surface area contributed by atoms with E-state index in [0.717, 1.165) is 22.7 Å². The third-order valence-electron chi connectivity index (χ3n) is 4.54. The van der Waals surface area contributed by atoms with Crippen molar-refractivity contribution < 1.29 is 9.53 Å². The first-order valence-electron chi connectivity index (χ1n) is 9.12. The number of imidazole rings is 1. The Hall–Kier alpha value is -3.15. The van der Waals surface area contributed by atoms with Crippen LogP contribution in [-0.4, -0.2) is 27.0 Å². The number of rotatable bonds is 5. The number of anilines is 1. The average molecular weight is 362 g/mol. The van der Waals surface area contributed by atoms with Gasteiger partial charge in [-0.25, -0.2) is 4.98 Å². The monoisotopic (exact) mass is 362 g/mol. The molecule has 0 radical (unpaired) electrons. The zero-order valence-electron chi connectivity index (χ0n) is 15.4. The normalized spacial score (nSPS) is 16.1. The fourth-order valence-electron chi connectivity index (χ4n) is 3.26. The van der Waals surface area contributed by atoms with E-state index in [1.807, 2.05) is 41.0 Å². The lowest BCUT2D eigenvalue weighted by atomic mass is 9.89. The molecule has 1 aliphatic rings. The van der Waals surface area contributed by atoms with Crippen molar-refractivity contribution in [3.8, 4) is 11.4 Å². The van der Waals surface area contributed by atoms with Crippen molar-refractivity contribution in [1.82, 2.24) is 14.5 Å². The molecule has 138 valence electrons. The molecular weight excluding hydrogens is 340 g/mol. The van der Waals surface area contributed by atoms with Gasteiger partial charge in [0.2, 0.25) is 5.91 Å². The molecule has 1 aliphatic heterocycles. The molecule has 6 nitrogen and oxygen atoms in total. The van der Waals surface area contributed by atoms with Crippen LogP contribution in [0, 0.1) is 5.92 Å². The van der Waals surface area contributed by atoms with Crippen molar-refractivity contribution in [2.75, 3.05) is 11.9 Å². The van der Waals surface area contributed by atoms with E-state index < -0.39 is 0 Å². The van der Waals surface area contributed by atoms with Gasteiger partial charge in [-0.2, -0.15) is 0 Å². The smallest absolute Gasteiger partial charge is 0.226 e. The van der Waals surface area contributed by atoms with Gasteiger partial charge >= 0.3 is 0 Å². The van der Waals surface area contributed by atoms with Crippen molar-refractivity contribution in [3.63, 3.8) is 0 Å². The molecule has 4 rings (SSSR count). The summed E-state index contributed by atoms with van der Waals surface area (Å²) in [4.78, 5) is 21.2. The zero-order chi connectivity index (χ0) is 18.8. The summed E-state index contributed by atoms with van der Waals surface area (Å²) in [7, 11) is 0. The van der Waals surface area contributed by atoms with E-state index >= 15 is 0 Å². The molecular formula is C21H22N4O2. The van der Waals surface area contributed by atoms with Gasteiger partial charge < -0.3 is 10.1 Å². The number of fused-ring (bicyclic) bond motifs is 1. The van der Waals surface area contributed by atoms with Gasteiger partial charge in [0.25, 0.3) is 0 Å². The maximum atomic E-state index is 12.4. The third kappa shape index (κ3) is 3.56. The highest BCUT2D eigenvalue weighted by Gasteiger charge is 2.31. The molecule has 1 amide bonds. The van der Waals surface area contributed by atoms with Gasteiger partial charge in [-0.1, -0.05) is 26.0 Å². The van der Waals surface area contributed by atoms with Crippen molar-refractivity contribution in [2.24, 2.45) is 5.92 Å². The molecule has 27 heavy (non-hydrogen) atoms. The van der Waals surface area contributed by atoms with E-state index in [4.69, 9.17) is 4.74 Å². The number of benzene rings is 1. The van der Waals surface area contributed by atoms with Crippen LogP contribution in [0.5, 0.6) is 5.75 Å². The Morgan fingerprint density at radius 2 is 2.19 bits per heavy atom. The summed E-state index contributed by atoms with van der Waals surface area (Å²) >= 11 is 0. The number of aromatic nitrogens is 3. The van der Waals surface area contributed by atoms with Crippen molar-refractivity contribution in [1.29, 1.82) is 0 Å². The number of nitrogens with one attached hydrogen (secondary N) is 1. The van der Waals surface area contributed by atoms with Crippen molar-refractivity contribution in [2.45, 2.75) is 26.2 Å². The van der Waals surface area contributed by atoms with Crippen LogP contribution in [0.4, 0.5) is 5.82 Å². The van der Waals surface area contributed by atoms with Crippen LogP contribution >= 0.6 is 0 Å². The van der Waals surface area contributed by atoms with E-state index in [-0.39, 0.29) is 11.8 Å². The van der Waals surface area contributed by atoms with Gasteiger partial charge in [0.1, 0.15) is 17.9 Å². The van der Waals surface area contributed by atoms with Gasteiger partial charge in [0, 0.05) is 18.5 Å². The van der Waals surface area contributed by atoms with Crippen LogP contribution < -0.4 is 10.1 Å². The summed E-state index contributed by atoms with van der Waals surface area (Å²) in [5.41, 5.74) is 2.75. The second-order valence-corrected chi connectivity index (χ2v) is 7.14. The molecule has 0 spiro atoms. The number of amides is 1. The Balaban J connectivity index is 1.69. The molecule has 1 aromatic carbocycles. The van der Waals surface area contributed by atoms with Crippen LogP contribution in [0.25, 0.3) is 5.69 Å². The third-order valence-corrected chi connectivity index (χ3v) is 4.54. The van der Waals surface area contributed by atoms with Gasteiger partial charge in [0.05, 0.1) is 24.2 Å². The number of carbonyl (C=O) groups is 1. The second-order valence-electron chi connectivity index (χ2n) is 7.14. The standard InChI is InChI=1S/C21H22N4O2/c1-14(2)12-27-17-7-3-5-15(9-17)18-10-19(26)24-21-20(18)23-13-25(21)16-6-4-8-22-11-16/h3-9,11,13-14,18H,10,12H2,1-2H3,(H,24,26). The number of ether oxygens (including phenoxy) is 1. The van der Waals surface area contributed by atoms with Gasteiger partial charge in [-0.05, 0) is 35.7 Å². The van der Waals surface area contributed by atoms with Crippen LogP contribution in [0.15, 0.2) is 55.1 Å². The fraction of sp³-hybridized carbons (Fsp3) is 0.286. The lowest BCUT2D eigenvalue weighted by Gasteiger charge is -2.23. The molecule has 1 atom stereocenters. The summed E-state index contributed by atoms with van der Waals surface area (Å²) in [6.07, 6.45) is 5.57. The molecule has 3 heterocycles. The first-order valence-corrected chi connectivity index (χ1v) is 9.12. The molecule has 0 fully saturated rings. The summed E-state index contributed by atoms with van der Waals surface area (Å²) in [6.45, 7) is 4.90. The molecule has 2 aromatic heterocycles. The average Bonchev–Trinajstić information content (AvgIpc) is 3.10. The predicted octanol–water partition coefficient (Wildman–Crippen LogP) is 3.78. The zero-order valence-corrected chi connectivity index (χ0v) is 15.4. The van der Waals surface area contributed by atoms with Gasteiger partial charge in [0.15, 0.2) is 0 Å². The van der Waals surface area contributed by atoms with E-state index in [1.165, 1.54) is 0 Å². The van der Waals surface area contributed by atoms with Crippen LogP contribution in [0.3, 0.4) is 0 Å². The quantitative estimate of drug-likeness (QED) is 0.750. The number of pyridine rings is 1. The highest BCUT2D eigenvalue weighted by Crippen LogP contribution is 2.38. The van der Waals surface area contributed by atoms with E-state index in [1.54, 1.807) is 18.7 Å². The maximum Gasteiger partial charge on any atom is 0.226 e. The minimum atomic E-state index is -0.103. The topological polar surface area (TPSA) is 69.0 Å². The highest BCUT2D eigenvalue weighted by molar-refractivity contribution is 5.94. The van der Waals surface area contributed by atoms with E-state index in [0.29, 0.717) is 24.8 Å². The Kier molecular flexibility index (Phi) is 4.62. The summed E-state index contributed by atoms with van der Waals surface area (Å²) in [6, 6.07) is 11.8. The molecule has 6 heteroatoms. The van der Waals surface area contributed by atoms with Crippen LogP contribution in [0.1, 0.15) is 37.4 Å². The number of hydrogen-bond donors (Lipinski definition) is 1. The van der Waals surface area contributed by atoms with Crippen LogP contribution in [0.2, 0.25) is 0 Å². The number of hydrogen-bond acceptors (Lipinski definition) is 4. The molecule has 1 N–H and O–H groups in total. The Morgan fingerprint density at radius 1 is 1.30 bits per heavy atom. The highest BCUT2D eigenvalue weighted by atomic mass is 16.5. The second kappa shape index (κ2) is 7.23. The molecule has 0 bridgehead atoms. The van der Waals surface area contributed by atoms with E-state index in [2.05, 4.69) is 29.1 Å². The number of nitrogens with zero attached hydrogens (tertiary/aromatic N) is 3. The first kappa shape index (κ1) is 17.3. The number of carbonyl (C=O) groups excluding carboxylic acids is 1.